The zero-order chi connectivity index (χ0) is 19.2. The fraction of sp³-hybridized carbons (Fsp3) is 0.333. The zero-order valence-electron chi connectivity index (χ0n) is 16.6. The van der Waals surface area contributed by atoms with Gasteiger partial charge in [-0.2, -0.15) is 0 Å². The highest BCUT2D eigenvalue weighted by molar-refractivity contribution is 5.69. The Morgan fingerprint density at radius 2 is 1.54 bits per heavy atom. The Bertz CT molecular complexity index is 872. The molecule has 1 aliphatic heterocycles. The highest BCUT2D eigenvalue weighted by Crippen LogP contribution is 2.27. The maximum Gasteiger partial charge on any atom is 0.0748 e. The molecule has 3 aromatic rings. The smallest absolute Gasteiger partial charge is 0.0748 e. The second kappa shape index (κ2) is 9.09. The molecule has 0 bridgehead atoms. The molecule has 1 aliphatic rings. The lowest BCUT2D eigenvalue weighted by Crippen LogP contribution is -2.46. The van der Waals surface area contributed by atoms with Gasteiger partial charge in [0.2, 0.25) is 0 Å². The minimum Gasteiger partial charge on any atom is -0.301 e. The summed E-state index contributed by atoms with van der Waals surface area (Å²) in [4.78, 5) is 14.2. The molecular formula is C24H28N4. The van der Waals surface area contributed by atoms with Crippen molar-refractivity contribution in [1.82, 2.24) is 19.8 Å². The highest BCUT2D eigenvalue weighted by Gasteiger charge is 2.18. The van der Waals surface area contributed by atoms with Crippen LogP contribution in [0.5, 0.6) is 0 Å². The Balaban J connectivity index is 1.61. The van der Waals surface area contributed by atoms with Gasteiger partial charge in [0, 0.05) is 62.4 Å². The van der Waals surface area contributed by atoms with E-state index in [1.54, 1.807) is 0 Å². The van der Waals surface area contributed by atoms with Crippen molar-refractivity contribution in [3.05, 3.63) is 72.7 Å². The number of hydrogen-bond donors (Lipinski definition) is 0. The van der Waals surface area contributed by atoms with Gasteiger partial charge in [0.15, 0.2) is 0 Å². The summed E-state index contributed by atoms with van der Waals surface area (Å²) in [5.74, 6) is 0. The normalized spacial score (nSPS) is 15.6. The van der Waals surface area contributed by atoms with E-state index in [0.717, 1.165) is 44.0 Å². The van der Waals surface area contributed by atoms with Gasteiger partial charge in [0.25, 0.3) is 0 Å². The van der Waals surface area contributed by atoms with E-state index in [1.807, 2.05) is 30.7 Å². The Hall–Kier alpha value is -2.56. The van der Waals surface area contributed by atoms with E-state index in [9.17, 15) is 0 Å². The Morgan fingerprint density at radius 3 is 2.25 bits per heavy atom. The molecule has 3 heterocycles. The molecule has 4 nitrogen and oxygen atoms in total. The van der Waals surface area contributed by atoms with Crippen molar-refractivity contribution in [2.24, 2.45) is 0 Å². The molecule has 28 heavy (non-hydrogen) atoms. The molecule has 0 spiro atoms. The van der Waals surface area contributed by atoms with Gasteiger partial charge >= 0.3 is 0 Å². The van der Waals surface area contributed by atoms with Gasteiger partial charge in [-0.05, 0) is 42.3 Å². The molecule has 0 amide bonds. The van der Waals surface area contributed by atoms with Crippen molar-refractivity contribution < 1.29 is 0 Å². The van der Waals surface area contributed by atoms with E-state index >= 15 is 0 Å². The summed E-state index contributed by atoms with van der Waals surface area (Å²) in [7, 11) is 0. The Labute approximate surface area is 167 Å². The minimum atomic E-state index is 0.936. The minimum absolute atomic E-state index is 0.936. The van der Waals surface area contributed by atoms with Crippen LogP contribution in [0.3, 0.4) is 0 Å². The lowest BCUT2D eigenvalue weighted by Gasteiger charge is -2.34. The summed E-state index contributed by atoms with van der Waals surface area (Å²) < 4.78 is 0. The topological polar surface area (TPSA) is 32.3 Å². The molecular weight excluding hydrogens is 344 g/mol. The molecule has 2 aromatic heterocycles. The van der Waals surface area contributed by atoms with Gasteiger partial charge in [-0.1, -0.05) is 37.3 Å². The van der Waals surface area contributed by atoms with Gasteiger partial charge in [-0.15, -0.1) is 0 Å². The molecule has 144 valence electrons. The van der Waals surface area contributed by atoms with Crippen LogP contribution in [-0.2, 0) is 6.54 Å². The molecule has 0 aliphatic carbocycles. The van der Waals surface area contributed by atoms with Gasteiger partial charge in [0.1, 0.15) is 0 Å². The molecule has 4 heteroatoms. The van der Waals surface area contributed by atoms with Crippen LogP contribution in [-0.4, -0.2) is 52.5 Å². The molecule has 1 fully saturated rings. The second-order valence-electron chi connectivity index (χ2n) is 7.45. The Kier molecular flexibility index (Phi) is 6.10. The van der Waals surface area contributed by atoms with Crippen LogP contribution in [0.15, 0.2) is 67.1 Å². The van der Waals surface area contributed by atoms with Crippen LogP contribution in [0.2, 0.25) is 0 Å². The van der Waals surface area contributed by atoms with Crippen molar-refractivity contribution in [2.75, 3.05) is 32.7 Å². The first-order valence-electron chi connectivity index (χ1n) is 10.2. The quantitative estimate of drug-likeness (QED) is 0.644. The molecule has 0 saturated carbocycles. The lowest BCUT2D eigenvalue weighted by molar-refractivity contribution is 0.127. The average molecular weight is 373 g/mol. The standard InChI is InChI=1S/C24H28N4/c1-2-12-27-13-15-28(16-14-27)19-23-17-22(20-6-4-3-5-7-20)18-26-24(23)21-8-10-25-11-9-21/h3-11,17-18H,2,12-16,19H2,1H3. The van der Waals surface area contributed by atoms with Crippen molar-refractivity contribution >= 4 is 0 Å². The second-order valence-corrected chi connectivity index (χ2v) is 7.45. The molecule has 1 aromatic carbocycles. The first-order valence-corrected chi connectivity index (χ1v) is 10.2. The number of benzene rings is 1. The molecule has 0 unspecified atom stereocenters. The molecule has 1 saturated heterocycles. The number of aromatic nitrogens is 2. The summed E-state index contributed by atoms with van der Waals surface area (Å²) in [6.07, 6.45) is 6.91. The van der Waals surface area contributed by atoms with E-state index in [0.29, 0.717) is 0 Å². The highest BCUT2D eigenvalue weighted by atomic mass is 15.3. The summed E-state index contributed by atoms with van der Waals surface area (Å²) in [6, 6.07) is 16.9. The fourth-order valence-electron chi connectivity index (χ4n) is 3.92. The molecule has 0 N–H and O–H groups in total. The van der Waals surface area contributed by atoms with Gasteiger partial charge in [0.05, 0.1) is 5.69 Å². The summed E-state index contributed by atoms with van der Waals surface area (Å²) in [5, 5.41) is 0. The maximum atomic E-state index is 4.87. The van der Waals surface area contributed by atoms with Crippen LogP contribution in [0.25, 0.3) is 22.4 Å². The first-order chi connectivity index (χ1) is 13.8. The van der Waals surface area contributed by atoms with Crippen LogP contribution in [0.1, 0.15) is 18.9 Å². The SMILES string of the molecule is CCCN1CCN(Cc2cc(-c3ccccc3)cnc2-c2ccncc2)CC1. The molecule has 0 atom stereocenters. The van der Waals surface area contributed by atoms with Crippen LogP contribution < -0.4 is 0 Å². The number of nitrogens with zero attached hydrogens (tertiary/aromatic N) is 4. The van der Waals surface area contributed by atoms with E-state index < -0.39 is 0 Å². The van der Waals surface area contributed by atoms with E-state index in [1.165, 1.54) is 29.7 Å². The first kappa shape index (κ1) is 18.8. The summed E-state index contributed by atoms with van der Waals surface area (Å²) >= 11 is 0. The van der Waals surface area contributed by atoms with Crippen LogP contribution in [0.4, 0.5) is 0 Å². The third kappa shape index (κ3) is 4.46. The number of rotatable bonds is 6. The fourth-order valence-corrected chi connectivity index (χ4v) is 3.92. The van der Waals surface area contributed by atoms with E-state index in [-0.39, 0.29) is 0 Å². The van der Waals surface area contributed by atoms with E-state index in [2.05, 4.69) is 58.1 Å². The van der Waals surface area contributed by atoms with Crippen molar-refractivity contribution in [1.29, 1.82) is 0 Å². The lowest BCUT2D eigenvalue weighted by atomic mass is 10.0. The van der Waals surface area contributed by atoms with Gasteiger partial charge in [-0.3, -0.25) is 14.9 Å². The third-order valence-electron chi connectivity index (χ3n) is 5.43. The number of piperazine rings is 1. The number of hydrogen-bond acceptors (Lipinski definition) is 4. The summed E-state index contributed by atoms with van der Waals surface area (Å²) in [6.45, 7) is 8.95. The predicted octanol–water partition coefficient (Wildman–Crippen LogP) is 4.34. The monoisotopic (exact) mass is 372 g/mol. The predicted molar refractivity (Wildman–Crippen MR) is 115 cm³/mol. The average Bonchev–Trinajstić information content (AvgIpc) is 2.76. The Morgan fingerprint density at radius 1 is 0.821 bits per heavy atom. The van der Waals surface area contributed by atoms with Gasteiger partial charge < -0.3 is 4.90 Å². The van der Waals surface area contributed by atoms with Crippen molar-refractivity contribution in [3.63, 3.8) is 0 Å². The van der Waals surface area contributed by atoms with Crippen LogP contribution in [0, 0.1) is 0 Å². The van der Waals surface area contributed by atoms with Crippen LogP contribution >= 0.6 is 0 Å². The third-order valence-corrected chi connectivity index (χ3v) is 5.43. The zero-order valence-corrected chi connectivity index (χ0v) is 16.6. The molecule has 4 rings (SSSR count). The summed E-state index contributed by atoms with van der Waals surface area (Å²) in [5.41, 5.74) is 5.88. The van der Waals surface area contributed by atoms with E-state index in [4.69, 9.17) is 4.98 Å². The van der Waals surface area contributed by atoms with Crippen molar-refractivity contribution in [2.45, 2.75) is 19.9 Å². The molecule has 0 radical (unpaired) electrons. The largest absolute Gasteiger partial charge is 0.301 e. The van der Waals surface area contributed by atoms with Gasteiger partial charge in [-0.25, -0.2) is 0 Å². The maximum absolute atomic E-state index is 4.87. The van der Waals surface area contributed by atoms with Crippen molar-refractivity contribution in [3.8, 4) is 22.4 Å². The number of pyridine rings is 2.